The Morgan fingerprint density at radius 3 is 2.67 bits per heavy atom. The quantitative estimate of drug-likeness (QED) is 0.902. The Balaban J connectivity index is 1.48. The molecule has 2 atom stereocenters. The molecule has 1 aliphatic heterocycles. The summed E-state index contributed by atoms with van der Waals surface area (Å²) in [5.41, 5.74) is 0. The number of hydrogen-bond acceptors (Lipinski definition) is 6. The highest BCUT2D eigenvalue weighted by molar-refractivity contribution is 7.90. The van der Waals surface area contributed by atoms with Crippen LogP contribution in [0.3, 0.4) is 0 Å². The van der Waals surface area contributed by atoms with Gasteiger partial charge >= 0.3 is 0 Å². The fraction of sp³-hybridized carbons (Fsp3) is 0.312. The largest absolute Gasteiger partial charge is 0.486 e. The summed E-state index contributed by atoms with van der Waals surface area (Å²) < 4.78 is 42.9. The molecule has 0 radical (unpaired) electrons. The fourth-order valence-electron chi connectivity index (χ4n) is 2.76. The monoisotopic (exact) mass is 349 g/mol. The molecular formula is C16H15NO6S. The topological polar surface area (TPSA) is 94.8 Å². The van der Waals surface area contributed by atoms with Crippen molar-refractivity contribution in [2.45, 2.75) is 17.2 Å². The molecule has 126 valence electrons. The zero-order chi connectivity index (χ0) is 16.7. The van der Waals surface area contributed by atoms with Gasteiger partial charge in [-0.1, -0.05) is 0 Å². The van der Waals surface area contributed by atoms with E-state index in [0.717, 1.165) is 0 Å². The molecule has 2 aromatic rings. The van der Waals surface area contributed by atoms with Crippen LogP contribution in [-0.4, -0.2) is 27.5 Å². The number of furan rings is 1. The summed E-state index contributed by atoms with van der Waals surface area (Å²) in [6.07, 6.45) is 2.12. The van der Waals surface area contributed by atoms with Gasteiger partial charge in [0.25, 0.3) is 10.0 Å². The molecule has 24 heavy (non-hydrogen) atoms. The molecule has 0 unspecified atom stereocenters. The van der Waals surface area contributed by atoms with Crippen LogP contribution in [0, 0.1) is 5.92 Å². The van der Waals surface area contributed by atoms with E-state index in [1.807, 2.05) is 0 Å². The summed E-state index contributed by atoms with van der Waals surface area (Å²) in [5, 5.41) is 0. The molecule has 1 aliphatic carbocycles. The van der Waals surface area contributed by atoms with Crippen LogP contribution in [0.15, 0.2) is 45.9 Å². The van der Waals surface area contributed by atoms with Crippen LogP contribution in [0.4, 0.5) is 0 Å². The first kappa shape index (κ1) is 15.1. The molecule has 0 spiro atoms. The predicted octanol–water partition coefficient (Wildman–Crippen LogP) is 1.66. The average Bonchev–Trinajstić information content (AvgIpc) is 3.20. The minimum absolute atomic E-state index is 0.0321. The van der Waals surface area contributed by atoms with Crippen LogP contribution in [0.25, 0.3) is 0 Å². The lowest BCUT2D eigenvalue weighted by molar-refractivity contribution is -0.120. The molecule has 1 aromatic carbocycles. The van der Waals surface area contributed by atoms with E-state index in [0.29, 0.717) is 36.9 Å². The summed E-state index contributed by atoms with van der Waals surface area (Å²) in [7, 11) is -3.96. The van der Waals surface area contributed by atoms with Crippen LogP contribution in [-0.2, 0) is 14.8 Å². The maximum absolute atomic E-state index is 12.4. The minimum atomic E-state index is -3.96. The van der Waals surface area contributed by atoms with Crippen molar-refractivity contribution >= 4 is 15.9 Å². The van der Waals surface area contributed by atoms with E-state index in [1.54, 1.807) is 12.1 Å². The van der Waals surface area contributed by atoms with Gasteiger partial charge in [0, 0.05) is 17.9 Å². The molecule has 8 heteroatoms. The molecule has 2 aliphatic rings. The maximum Gasteiger partial charge on any atom is 0.264 e. The zero-order valence-electron chi connectivity index (χ0n) is 12.6. The second-order valence-corrected chi connectivity index (χ2v) is 7.42. The van der Waals surface area contributed by atoms with Gasteiger partial charge in [0.05, 0.1) is 11.2 Å². The second kappa shape index (κ2) is 5.55. The fourth-order valence-corrected chi connectivity index (χ4v) is 3.80. The first-order valence-corrected chi connectivity index (χ1v) is 9.02. The lowest BCUT2D eigenvalue weighted by Crippen LogP contribution is -2.32. The van der Waals surface area contributed by atoms with Gasteiger partial charge in [0.2, 0.25) is 5.91 Å². The van der Waals surface area contributed by atoms with Crippen molar-refractivity contribution < 1.29 is 27.1 Å². The molecule has 1 amide bonds. The Hall–Kier alpha value is -2.48. The molecule has 1 aromatic heterocycles. The van der Waals surface area contributed by atoms with Crippen molar-refractivity contribution in [3.05, 3.63) is 42.4 Å². The highest BCUT2D eigenvalue weighted by Crippen LogP contribution is 2.47. The maximum atomic E-state index is 12.4. The summed E-state index contributed by atoms with van der Waals surface area (Å²) in [6, 6.07) is 7.80. The second-order valence-electron chi connectivity index (χ2n) is 5.74. The van der Waals surface area contributed by atoms with Crippen LogP contribution < -0.4 is 14.2 Å². The number of amides is 1. The smallest absolute Gasteiger partial charge is 0.264 e. The lowest BCUT2D eigenvalue weighted by atomic mass is 10.2. The Kier molecular flexibility index (Phi) is 3.49. The van der Waals surface area contributed by atoms with Crippen molar-refractivity contribution in [1.29, 1.82) is 0 Å². The highest BCUT2D eigenvalue weighted by Gasteiger charge is 2.47. The van der Waals surface area contributed by atoms with Gasteiger partial charge in [-0.25, -0.2) is 13.1 Å². The molecule has 1 N–H and O–H groups in total. The Morgan fingerprint density at radius 1 is 1.12 bits per heavy atom. The van der Waals surface area contributed by atoms with Gasteiger partial charge in [-0.2, -0.15) is 0 Å². The standard InChI is InChI=1S/C16H15NO6S/c18-16(12-9-11(12)13-2-1-5-21-13)17-24(19,20)10-3-4-14-15(8-10)23-7-6-22-14/h1-5,8,11-12H,6-7,9H2,(H,17,18)/t11-,12+/m0/s1. The van der Waals surface area contributed by atoms with E-state index >= 15 is 0 Å². The summed E-state index contributed by atoms with van der Waals surface area (Å²) in [4.78, 5) is 12.2. The number of rotatable bonds is 4. The Bertz CT molecular complexity index is 874. The van der Waals surface area contributed by atoms with Crippen LogP contribution >= 0.6 is 0 Å². The van der Waals surface area contributed by atoms with Gasteiger partial charge in [0.1, 0.15) is 19.0 Å². The lowest BCUT2D eigenvalue weighted by Gasteiger charge is -2.18. The van der Waals surface area contributed by atoms with E-state index in [9.17, 15) is 13.2 Å². The number of ether oxygens (including phenoxy) is 2. The van der Waals surface area contributed by atoms with E-state index in [1.165, 1.54) is 24.5 Å². The van der Waals surface area contributed by atoms with Crippen molar-refractivity contribution in [2.24, 2.45) is 5.92 Å². The van der Waals surface area contributed by atoms with Gasteiger partial charge in [-0.15, -0.1) is 0 Å². The van der Waals surface area contributed by atoms with E-state index < -0.39 is 15.9 Å². The SMILES string of the molecule is O=C(NS(=O)(=O)c1ccc2c(c1)OCCO2)[C@@H]1C[C@@H]1c1ccco1. The van der Waals surface area contributed by atoms with Gasteiger partial charge < -0.3 is 13.9 Å². The summed E-state index contributed by atoms with van der Waals surface area (Å²) in [5.74, 6) is 0.583. The molecule has 4 rings (SSSR count). The number of sulfonamides is 1. The van der Waals surface area contributed by atoms with Gasteiger partial charge in [0.15, 0.2) is 11.5 Å². The number of hydrogen-bond donors (Lipinski definition) is 1. The van der Waals surface area contributed by atoms with Crippen LogP contribution in [0.2, 0.25) is 0 Å². The normalized spacial score (nSPS) is 22.0. The van der Waals surface area contributed by atoms with Crippen molar-refractivity contribution in [3.8, 4) is 11.5 Å². The minimum Gasteiger partial charge on any atom is -0.486 e. The third-order valence-electron chi connectivity index (χ3n) is 4.09. The van der Waals surface area contributed by atoms with E-state index in [4.69, 9.17) is 13.9 Å². The average molecular weight is 349 g/mol. The van der Waals surface area contributed by atoms with E-state index in [-0.39, 0.29) is 16.7 Å². The summed E-state index contributed by atoms with van der Waals surface area (Å²) >= 11 is 0. The third-order valence-corrected chi connectivity index (χ3v) is 5.44. The number of fused-ring (bicyclic) bond motifs is 1. The molecule has 0 bridgehead atoms. The first-order chi connectivity index (χ1) is 11.5. The molecule has 1 fully saturated rings. The zero-order valence-corrected chi connectivity index (χ0v) is 13.4. The predicted molar refractivity (Wildman–Crippen MR) is 82.3 cm³/mol. The molecular weight excluding hydrogens is 334 g/mol. The third kappa shape index (κ3) is 2.73. The first-order valence-electron chi connectivity index (χ1n) is 7.54. The van der Waals surface area contributed by atoms with Crippen molar-refractivity contribution in [3.63, 3.8) is 0 Å². The number of benzene rings is 1. The van der Waals surface area contributed by atoms with Gasteiger partial charge in [-0.05, 0) is 30.7 Å². The summed E-state index contributed by atoms with van der Waals surface area (Å²) in [6.45, 7) is 0.779. The van der Waals surface area contributed by atoms with Crippen LogP contribution in [0.1, 0.15) is 18.1 Å². The van der Waals surface area contributed by atoms with Crippen molar-refractivity contribution in [2.75, 3.05) is 13.2 Å². The highest BCUT2D eigenvalue weighted by atomic mass is 32.2. The van der Waals surface area contributed by atoms with Gasteiger partial charge in [-0.3, -0.25) is 4.79 Å². The molecule has 2 heterocycles. The van der Waals surface area contributed by atoms with E-state index in [2.05, 4.69) is 4.72 Å². The van der Waals surface area contributed by atoms with Crippen molar-refractivity contribution in [1.82, 2.24) is 4.72 Å². The number of carbonyl (C=O) groups excluding carboxylic acids is 1. The Morgan fingerprint density at radius 2 is 1.92 bits per heavy atom. The molecule has 7 nitrogen and oxygen atoms in total. The Labute approximate surface area is 138 Å². The number of carbonyl (C=O) groups is 1. The van der Waals surface area contributed by atoms with Crippen LogP contribution in [0.5, 0.6) is 11.5 Å². The number of nitrogens with one attached hydrogen (secondary N) is 1. The molecule has 1 saturated carbocycles. The molecule has 0 saturated heterocycles.